The molecule has 0 aliphatic heterocycles. The summed E-state index contributed by atoms with van der Waals surface area (Å²) in [5, 5.41) is 0.664. The summed E-state index contributed by atoms with van der Waals surface area (Å²) in [5.41, 5.74) is 13.8. The lowest BCUT2D eigenvalue weighted by atomic mass is 10.0. The topological polar surface area (TPSA) is 76.8 Å². The first-order chi connectivity index (χ1) is 8.63. The van der Waals surface area contributed by atoms with Crippen molar-refractivity contribution in [3.8, 4) is 0 Å². The van der Waals surface area contributed by atoms with Crippen LogP contribution in [-0.2, 0) is 0 Å². The molecule has 1 aromatic rings. The lowest BCUT2D eigenvalue weighted by molar-refractivity contribution is 1.06. The fraction of sp³-hybridized carbons (Fsp3) is 0.231. The van der Waals surface area contributed by atoms with E-state index in [0.29, 0.717) is 17.3 Å². The molecular weight excluding hydrogens is 248 g/mol. The van der Waals surface area contributed by atoms with Gasteiger partial charge in [-0.05, 0) is 30.8 Å². The zero-order valence-corrected chi connectivity index (χ0v) is 11.1. The minimum absolute atomic E-state index is 0.136. The second-order valence-electron chi connectivity index (χ2n) is 3.57. The summed E-state index contributed by atoms with van der Waals surface area (Å²) in [6.07, 6.45) is 0.711. The summed E-state index contributed by atoms with van der Waals surface area (Å²) in [4.78, 5) is 8.04. The molecule has 0 atom stereocenters. The van der Waals surface area contributed by atoms with E-state index < -0.39 is 0 Å². The van der Waals surface area contributed by atoms with Crippen LogP contribution in [-0.4, -0.2) is 19.2 Å². The number of amidine groups is 1. The van der Waals surface area contributed by atoms with Crippen LogP contribution >= 0.6 is 11.6 Å². The average Bonchev–Trinajstić information content (AvgIpc) is 2.37. The maximum absolute atomic E-state index is 5.94. The predicted octanol–water partition coefficient (Wildman–Crippen LogP) is 2.44. The number of rotatable bonds is 5. The summed E-state index contributed by atoms with van der Waals surface area (Å²) < 4.78 is 0. The molecule has 5 heteroatoms. The molecule has 0 saturated carbocycles. The number of benzene rings is 1. The lowest BCUT2D eigenvalue weighted by Gasteiger charge is -2.11. The van der Waals surface area contributed by atoms with Crippen LogP contribution in [0.15, 0.2) is 39.9 Å². The standard InChI is InChI=1S/C13H17ClN4/c1-3-11(17-2)12(13(16)18-8-15)9-4-6-10(14)7-5-9/h4-7H,2-3,8,15H2,1H3,(H2,16,18)/b12-11-. The van der Waals surface area contributed by atoms with Crippen molar-refractivity contribution in [1.82, 2.24) is 0 Å². The van der Waals surface area contributed by atoms with E-state index in [2.05, 4.69) is 16.7 Å². The number of hydrogen-bond acceptors (Lipinski definition) is 3. The monoisotopic (exact) mass is 264 g/mol. The van der Waals surface area contributed by atoms with Gasteiger partial charge in [0.2, 0.25) is 0 Å². The van der Waals surface area contributed by atoms with E-state index in [0.717, 1.165) is 16.8 Å². The van der Waals surface area contributed by atoms with E-state index in [9.17, 15) is 0 Å². The smallest absolute Gasteiger partial charge is 0.129 e. The Hall–Kier alpha value is -1.65. The Morgan fingerprint density at radius 2 is 1.94 bits per heavy atom. The molecule has 1 rings (SSSR count). The van der Waals surface area contributed by atoms with Crippen molar-refractivity contribution in [2.45, 2.75) is 13.3 Å². The van der Waals surface area contributed by atoms with Gasteiger partial charge >= 0.3 is 0 Å². The Kier molecular flexibility index (Phi) is 5.55. The van der Waals surface area contributed by atoms with Crippen LogP contribution in [0, 0.1) is 0 Å². The Labute approximate surface area is 112 Å². The first-order valence-electron chi connectivity index (χ1n) is 5.60. The number of hydrogen-bond donors (Lipinski definition) is 2. The van der Waals surface area contributed by atoms with Crippen LogP contribution in [0.2, 0.25) is 5.02 Å². The van der Waals surface area contributed by atoms with E-state index in [-0.39, 0.29) is 6.67 Å². The van der Waals surface area contributed by atoms with Gasteiger partial charge < -0.3 is 11.5 Å². The maximum atomic E-state index is 5.94. The van der Waals surface area contributed by atoms with Crippen molar-refractivity contribution in [2.24, 2.45) is 21.5 Å². The Morgan fingerprint density at radius 3 is 2.39 bits per heavy atom. The molecular formula is C13H17ClN4. The molecule has 0 aliphatic rings. The van der Waals surface area contributed by atoms with Gasteiger partial charge in [0, 0.05) is 10.6 Å². The highest BCUT2D eigenvalue weighted by Crippen LogP contribution is 2.23. The Balaban J connectivity index is 3.38. The molecule has 0 spiro atoms. The molecule has 0 fully saturated rings. The summed E-state index contributed by atoms with van der Waals surface area (Å²) in [5.74, 6) is 0.365. The maximum Gasteiger partial charge on any atom is 0.129 e. The first kappa shape index (κ1) is 14.4. The summed E-state index contributed by atoms with van der Waals surface area (Å²) in [6.45, 7) is 5.68. The van der Waals surface area contributed by atoms with Crippen LogP contribution < -0.4 is 11.5 Å². The van der Waals surface area contributed by atoms with Crippen molar-refractivity contribution in [3.05, 3.63) is 40.5 Å². The zero-order chi connectivity index (χ0) is 13.5. The molecule has 96 valence electrons. The highest BCUT2D eigenvalue weighted by molar-refractivity contribution is 6.30. The van der Waals surface area contributed by atoms with Crippen LogP contribution in [0.3, 0.4) is 0 Å². The third-order valence-electron chi connectivity index (χ3n) is 2.46. The van der Waals surface area contributed by atoms with E-state index in [4.69, 9.17) is 23.1 Å². The van der Waals surface area contributed by atoms with Crippen LogP contribution in [0.5, 0.6) is 0 Å². The summed E-state index contributed by atoms with van der Waals surface area (Å²) in [6, 6.07) is 7.33. The number of allylic oxidation sites excluding steroid dienone is 1. The SMILES string of the molecule is C=N/C(CC)=C(\C(N)=N/CN)c1ccc(Cl)cc1. The highest BCUT2D eigenvalue weighted by atomic mass is 35.5. The second kappa shape index (κ2) is 6.93. The van der Waals surface area contributed by atoms with Crippen LogP contribution in [0.1, 0.15) is 18.9 Å². The number of nitrogens with two attached hydrogens (primary N) is 2. The van der Waals surface area contributed by atoms with Crippen LogP contribution in [0.25, 0.3) is 5.57 Å². The van der Waals surface area contributed by atoms with Gasteiger partial charge in [0.1, 0.15) is 5.84 Å². The van der Waals surface area contributed by atoms with Gasteiger partial charge in [0.05, 0.1) is 12.4 Å². The molecule has 0 radical (unpaired) electrons. The molecule has 4 nitrogen and oxygen atoms in total. The molecule has 0 unspecified atom stereocenters. The van der Waals surface area contributed by atoms with Gasteiger partial charge in [0.15, 0.2) is 0 Å². The van der Waals surface area contributed by atoms with Gasteiger partial charge in [-0.15, -0.1) is 0 Å². The lowest BCUT2D eigenvalue weighted by Crippen LogP contribution is -2.18. The third kappa shape index (κ3) is 3.42. The van der Waals surface area contributed by atoms with Gasteiger partial charge in [-0.1, -0.05) is 30.7 Å². The molecule has 0 bridgehead atoms. The number of nitrogens with zero attached hydrogens (tertiary/aromatic N) is 2. The minimum Gasteiger partial charge on any atom is -0.383 e. The second-order valence-corrected chi connectivity index (χ2v) is 4.00. The van der Waals surface area contributed by atoms with Gasteiger partial charge in [-0.2, -0.15) is 0 Å². The molecule has 4 N–H and O–H groups in total. The van der Waals surface area contributed by atoms with Crippen molar-refractivity contribution in [1.29, 1.82) is 0 Å². The Morgan fingerprint density at radius 1 is 1.33 bits per heavy atom. The Bertz CT molecular complexity index is 474. The molecule has 18 heavy (non-hydrogen) atoms. The molecule has 1 aromatic carbocycles. The minimum atomic E-state index is 0.136. The molecule has 0 heterocycles. The predicted molar refractivity (Wildman–Crippen MR) is 78.9 cm³/mol. The summed E-state index contributed by atoms with van der Waals surface area (Å²) in [7, 11) is 0. The van der Waals surface area contributed by atoms with Crippen molar-refractivity contribution in [3.63, 3.8) is 0 Å². The fourth-order valence-electron chi connectivity index (χ4n) is 1.62. The van der Waals surface area contributed by atoms with Gasteiger partial charge in [0.25, 0.3) is 0 Å². The van der Waals surface area contributed by atoms with Crippen molar-refractivity contribution >= 4 is 29.7 Å². The number of aliphatic imine (C=N–C) groups is 2. The van der Waals surface area contributed by atoms with Crippen molar-refractivity contribution < 1.29 is 0 Å². The number of halogens is 1. The normalized spacial score (nSPS) is 13.2. The quantitative estimate of drug-likeness (QED) is 0.633. The van der Waals surface area contributed by atoms with Crippen LogP contribution in [0.4, 0.5) is 0 Å². The molecule has 0 aromatic heterocycles. The van der Waals surface area contributed by atoms with Gasteiger partial charge in [-0.25, -0.2) is 0 Å². The van der Waals surface area contributed by atoms with E-state index in [1.54, 1.807) is 12.1 Å². The molecule has 0 aliphatic carbocycles. The van der Waals surface area contributed by atoms with E-state index >= 15 is 0 Å². The first-order valence-corrected chi connectivity index (χ1v) is 5.98. The van der Waals surface area contributed by atoms with Gasteiger partial charge in [-0.3, -0.25) is 9.98 Å². The largest absolute Gasteiger partial charge is 0.383 e. The van der Waals surface area contributed by atoms with E-state index in [1.165, 1.54) is 0 Å². The zero-order valence-electron chi connectivity index (χ0n) is 10.4. The van der Waals surface area contributed by atoms with Crippen molar-refractivity contribution in [2.75, 3.05) is 6.67 Å². The molecule has 0 amide bonds. The third-order valence-corrected chi connectivity index (χ3v) is 2.72. The fourth-order valence-corrected chi connectivity index (χ4v) is 1.75. The van der Waals surface area contributed by atoms with E-state index in [1.807, 2.05) is 19.1 Å². The average molecular weight is 265 g/mol. The summed E-state index contributed by atoms with van der Waals surface area (Å²) >= 11 is 5.87. The highest BCUT2D eigenvalue weighted by Gasteiger charge is 2.11. The molecule has 0 saturated heterocycles.